The Labute approximate surface area is 160 Å². The molecule has 1 amide bonds. The second kappa shape index (κ2) is 7.51. The van der Waals surface area contributed by atoms with E-state index in [0.717, 1.165) is 35.5 Å². The summed E-state index contributed by atoms with van der Waals surface area (Å²) >= 11 is 0. The summed E-state index contributed by atoms with van der Waals surface area (Å²) in [5, 5.41) is 3.12. The van der Waals surface area contributed by atoms with Crippen LogP contribution in [0.4, 0.5) is 0 Å². The quantitative estimate of drug-likeness (QED) is 0.791. The fourth-order valence-corrected chi connectivity index (χ4v) is 3.66. The number of rotatable bonds is 5. The van der Waals surface area contributed by atoms with Crippen molar-refractivity contribution in [3.8, 4) is 11.5 Å². The van der Waals surface area contributed by atoms with Crippen LogP contribution in [-0.4, -0.2) is 20.1 Å². The van der Waals surface area contributed by atoms with E-state index in [4.69, 9.17) is 13.9 Å². The van der Waals surface area contributed by atoms with Crippen LogP contribution in [0.25, 0.3) is 6.08 Å². The summed E-state index contributed by atoms with van der Waals surface area (Å²) in [7, 11) is 3.19. The van der Waals surface area contributed by atoms with Crippen molar-refractivity contribution in [1.82, 2.24) is 5.32 Å². The van der Waals surface area contributed by atoms with Gasteiger partial charge in [-0.2, -0.15) is 0 Å². The van der Waals surface area contributed by atoms with Crippen LogP contribution >= 0.6 is 0 Å². The Kier molecular flexibility index (Phi) is 5.31. The highest BCUT2D eigenvalue weighted by Gasteiger charge is 2.35. The van der Waals surface area contributed by atoms with Gasteiger partial charge in [0.1, 0.15) is 11.5 Å². The fourth-order valence-electron chi connectivity index (χ4n) is 3.66. The molecule has 5 nitrogen and oxygen atoms in total. The molecule has 0 saturated carbocycles. The Morgan fingerprint density at radius 1 is 1.22 bits per heavy atom. The van der Waals surface area contributed by atoms with Crippen LogP contribution in [0.3, 0.4) is 0 Å². The molecular weight excluding hydrogens is 342 g/mol. The average Bonchev–Trinajstić information content (AvgIpc) is 2.98. The topological polar surface area (TPSA) is 60.7 Å². The first-order chi connectivity index (χ1) is 12.8. The van der Waals surface area contributed by atoms with E-state index in [1.165, 1.54) is 0 Å². The molecule has 3 rings (SSSR count). The molecule has 2 aromatic rings. The Balaban J connectivity index is 1.73. The number of aryl methyl sites for hydroxylation is 1. The van der Waals surface area contributed by atoms with Crippen LogP contribution in [-0.2, 0) is 11.2 Å². The van der Waals surface area contributed by atoms with Gasteiger partial charge in [-0.25, -0.2) is 0 Å². The molecule has 5 heteroatoms. The van der Waals surface area contributed by atoms with Crippen LogP contribution < -0.4 is 14.8 Å². The monoisotopic (exact) mass is 369 g/mol. The minimum absolute atomic E-state index is 0.0382. The fraction of sp³-hybridized carbons (Fsp3) is 0.409. The molecule has 0 spiro atoms. The standard InChI is InChI=1S/C22H27NO4/c1-14-10-16-17(12-22(2,3)13-20(16)27-14)23-21(24)9-7-15-6-8-18(25-4)19(11-15)26-5/h6-11,17H,12-13H2,1-5H3,(H,23,24). The Hall–Kier alpha value is -2.69. The van der Waals surface area contributed by atoms with E-state index < -0.39 is 0 Å². The number of ether oxygens (including phenoxy) is 2. The average molecular weight is 369 g/mol. The van der Waals surface area contributed by atoms with Crippen LogP contribution in [0.5, 0.6) is 11.5 Å². The molecular formula is C22H27NO4. The maximum Gasteiger partial charge on any atom is 0.244 e. The summed E-state index contributed by atoms with van der Waals surface area (Å²) in [6.45, 7) is 6.35. The smallest absolute Gasteiger partial charge is 0.244 e. The highest BCUT2D eigenvalue weighted by atomic mass is 16.5. The lowest BCUT2D eigenvalue weighted by atomic mass is 9.74. The summed E-state index contributed by atoms with van der Waals surface area (Å²) in [6, 6.07) is 7.54. The number of methoxy groups -OCH3 is 2. The van der Waals surface area contributed by atoms with Gasteiger partial charge in [0, 0.05) is 18.1 Å². The summed E-state index contributed by atoms with van der Waals surface area (Å²) < 4.78 is 16.4. The maximum absolute atomic E-state index is 12.5. The minimum atomic E-state index is -0.128. The van der Waals surface area contributed by atoms with Crippen LogP contribution in [0.15, 0.2) is 34.8 Å². The lowest BCUT2D eigenvalue weighted by Crippen LogP contribution is -2.35. The van der Waals surface area contributed by atoms with Crippen molar-refractivity contribution in [2.24, 2.45) is 5.41 Å². The predicted molar refractivity (Wildman–Crippen MR) is 105 cm³/mol. The van der Waals surface area contributed by atoms with Gasteiger partial charge in [0.25, 0.3) is 0 Å². The van der Waals surface area contributed by atoms with E-state index in [1.807, 2.05) is 31.2 Å². The van der Waals surface area contributed by atoms with Crippen LogP contribution in [0.1, 0.15) is 49.0 Å². The third kappa shape index (κ3) is 4.35. The zero-order chi connectivity index (χ0) is 19.6. The molecule has 1 atom stereocenters. The number of benzene rings is 1. The van der Waals surface area contributed by atoms with Gasteiger partial charge in [0.15, 0.2) is 11.5 Å². The normalized spacial score (nSPS) is 18.2. The van der Waals surface area contributed by atoms with Crippen molar-refractivity contribution >= 4 is 12.0 Å². The molecule has 1 aromatic carbocycles. The molecule has 0 fully saturated rings. The highest BCUT2D eigenvalue weighted by molar-refractivity contribution is 5.92. The third-order valence-electron chi connectivity index (χ3n) is 4.89. The van der Waals surface area contributed by atoms with E-state index in [9.17, 15) is 4.79 Å². The van der Waals surface area contributed by atoms with Crippen molar-refractivity contribution in [2.75, 3.05) is 14.2 Å². The van der Waals surface area contributed by atoms with E-state index in [0.29, 0.717) is 11.5 Å². The second-order valence-corrected chi connectivity index (χ2v) is 7.79. The number of furan rings is 1. The number of nitrogens with one attached hydrogen (secondary N) is 1. The molecule has 0 bridgehead atoms. The Bertz CT molecular complexity index is 863. The van der Waals surface area contributed by atoms with E-state index in [2.05, 4.69) is 19.2 Å². The Morgan fingerprint density at radius 2 is 1.96 bits per heavy atom. The largest absolute Gasteiger partial charge is 0.493 e. The third-order valence-corrected chi connectivity index (χ3v) is 4.89. The lowest BCUT2D eigenvalue weighted by Gasteiger charge is -2.34. The van der Waals surface area contributed by atoms with Crippen LogP contribution in [0.2, 0.25) is 0 Å². The zero-order valence-corrected chi connectivity index (χ0v) is 16.6. The van der Waals surface area contributed by atoms with Gasteiger partial charge < -0.3 is 19.2 Å². The minimum Gasteiger partial charge on any atom is -0.493 e. The first-order valence-corrected chi connectivity index (χ1v) is 9.11. The molecule has 144 valence electrons. The van der Waals surface area contributed by atoms with Crippen molar-refractivity contribution in [2.45, 2.75) is 39.7 Å². The molecule has 1 aliphatic rings. The second-order valence-electron chi connectivity index (χ2n) is 7.79. The number of carbonyl (C=O) groups excluding carboxylic acids is 1. The highest BCUT2D eigenvalue weighted by Crippen LogP contribution is 2.42. The van der Waals surface area contributed by atoms with Crippen molar-refractivity contribution in [3.63, 3.8) is 0 Å². The summed E-state index contributed by atoms with van der Waals surface area (Å²) in [5.41, 5.74) is 2.05. The zero-order valence-electron chi connectivity index (χ0n) is 16.6. The number of amides is 1. The summed E-state index contributed by atoms with van der Waals surface area (Å²) in [5.74, 6) is 3.03. The lowest BCUT2D eigenvalue weighted by molar-refractivity contribution is -0.117. The number of carbonyl (C=O) groups is 1. The first kappa shape index (κ1) is 19.1. The molecule has 1 aliphatic carbocycles. The van der Waals surface area contributed by atoms with Crippen molar-refractivity contribution < 1.29 is 18.7 Å². The van der Waals surface area contributed by atoms with Gasteiger partial charge in [-0.15, -0.1) is 0 Å². The molecule has 0 saturated heterocycles. The predicted octanol–water partition coefficient (Wildman–Crippen LogP) is 4.45. The van der Waals surface area contributed by atoms with E-state index in [1.54, 1.807) is 26.4 Å². The van der Waals surface area contributed by atoms with Gasteiger partial charge in [0.05, 0.1) is 20.3 Å². The molecule has 1 aromatic heterocycles. The number of fused-ring (bicyclic) bond motifs is 1. The molecule has 1 N–H and O–H groups in total. The van der Waals surface area contributed by atoms with Crippen molar-refractivity contribution in [1.29, 1.82) is 0 Å². The summed E-state index contributed by atoms with van der Waals surface area (Å²) in [6.07, 6.45) is 5.10. The molecule has 0 aliphatic heterocycles. The van der Waals surface area contributed by atoms with Gasteiger partial charge in [0.2, 0.25) is 5.91 Å². The SMILES string of the molecule is COc1ccc(C=CC(=O)NC2CC(C)(C)Cc3oc(C)cc32)cc1OC. The van der Waals surface area contributed by atoms with Crippen molar-refractivity contribution in [3.05, 3.63) is 53.0 Å². The summed E-state index contributed by atoms with van der Waals surface area (Å²) in [4.78, 5) is 12.5. The first-order valence-electron chi connectivity index (χ1n) is 9.11. The van der Waals surface area contributed by atoms with Gasteiger partial charge in [-0.3, -0.25) is 4.79 Å². The van der Waals surface area contributed by atoms with Gasteiger partial charge >= 0.3 is 0 Å². The molecule has 27 heavy (non-hydrogen) atoms. The Morgan fingerprint density at radius 3 is 2.67 bits per heavy atom. The molecule has 1 heterocycles. The molecule has 1 unspecified atom stereocenters. The maximum atomic E-state index is 12.5. The molecule has 0 radical (unpaired) electrons. The van der Waals surface area contributed by atoms with Gasteiger partial charge in [-0.1, -0.05) is 19.9 Å². The number of hydrogen-bond donors (Lipinski definition) is 1. The van der Waals surface area contributed by atoms with Crippen LogP contribution in [0, 0.1) is 12.3 Å². The number of hydrogen-bond acceptors (Lipinski definition) is 4. The van der Waals surface area contributed by atoms with E-state index >= 15 is 0 Å². The van der Waals surface area contributed by atoms with Gasteiger partial charge in [-0.05, 0) is 48.6 Å². The van der Waals surface area contributed by atoms with E-state index in [-0.39, 0.29) is 17.4 Å².